The highest BCUT2D eigenvalue weighted by atomic mass is 79.9. The van der Waals surface area contributed by atoms with Crippen molar-refractivity contribution >= 4 is 45.7 Å². The Morgan fingerprint density at radius 3 is 2.73 bits per heavy atom. The zero-order valence-corrected chi connectivity index (χ0v) is 19.9. The molecule has 1 atom stereocenters. The fourth-order valence-electron chi connectivity index (χ4n) is 3.84. The molecule has 2 aromatic carbocycles. The van der Waals surface area contributed by atoms with Crippen molar-refractivity contribution in [1.82, 2.24) is 4.90 Å². The first-order valence-electron chi connectivity index (χ1n) is 10.1. The number of rotatable bonds is 6. The molecule has 0 radical (unpaired) electrons. The highest BCUT2D eigenvalue weighted by Gasteiger charge is 2.30. The van der Waals surface area contributed by atoms with E-state index in [4.69, 9.17) is 21.1 Å². The van der Waals surface area contributed by atoms with Gasteiger partial charge in [-0.2, -0.15) is 0 Å². The summed E-state index contributed by atoms with van der Waals surface area (Å²) in [5, 5.41) is 0.654. The van der Waals surface area contributed by atoms with Crippen LogP contribution in [0.3, 0.4) is 0 Å². The van der Waals surface area contributed by atoms with E-state index in [-0.39, 0.29) is 12.0 Å². The predicted molar refractivity (Wildman–Crippen MR) is 126 cm³/mol. The topological polar surface area (TPSA) is 38.8 Å². The van der Waals surface area contributed by atoms with E-state index in [0.29, 0.717) is 11.6 Å². The smallest absolute Gasteiger partial charge is 0.323 e. The van der Waals surface area contributed by atoms with Gasteiger partial charge in [0.25, 0.3) is 0 Å². The second-order valence-corrected chi connectivity index (χ2v) is 8.74. The number of esters is 1. The van der Waals surface area contributed by atoms with Crippen LogP contribution in [0, 0.1) is 6.92 Å². The zero-order valence-electron chi connectivity index (χ0n) is 17.6. The lowest BCUT2D eigenvalue weighted by molar-refractivity contribution is -0.148. The van der Waals surface area contributed by atoms with Gasteiger partial charge in [0.1, 0.15) is 11.8 Å². The third-order valence-corrected chi connectivity index (χ3v) is 6.80. The monoisotopic (exact) mass is 491 g/mol. The van der Waals surface area contributed by atoms with E-state index in [9.17, 15) is 4.79 Å². The summed E-state index contributed by atoms with van der Waals surface area (Å²) in [6, 6.07) is 9.79. The van der Waals surface area contributed by atoms with E-state index >= 15 is 0 Å². The van der Waals surface area contributed by atoms with Crippen molar-refractivity contribution in [2.45, 2.75) is 38.8 Å². The van der Waals surface area contributed by atoms with E-state index in [1.165, 1.54) is 12.7 Å². The molecule has 1 fully saturated rings. The molecule has 0 N–H and O–H groups in total. The lowest BCUT2D eigenvalue weighted by atomic mass is 10.0. The van der Waals surface area contributed by atoms with Gasteiger partial charge in [-0.25, -0.2) is 0 Å². The number of nitrogens with zero attached hydrogens (tertiary/aromatic N) is 1. The minimum atomic E-state index is -0.216. The van der Waals surface area contributed by atoms with Crippen LogP contribution in [0.4, 0.5) is 0 Å². The number of piperidine rings is 1. The SMILES string of the molecule is COC(=O)[C@@H]1CCCCN1Cc1cc(Cl)c(/C=C/c2cccc(Br)c2C)cc1OC. The largest absolute Gasteiger partial charge is 0.496 e. The lowest BCUT2D eigenvalue weighted by Gasteiger charge is -2.34. The molecule has 0 spiro atoms. The fourth-order valence-corrected chi connectivity index (χ4v) is 4.47. The molecule has 0 unspecified atom stereocenters. The number of likely N-dealkylation sites (tertiary alicyclic amines) is 1. The summed E-state index contributed by atoms with van der Waals surface area (Å²) in [6.45, 7) is 3.52. The predicted octanol–water partition coefficient (Wildman–Crippen LogP) is 6.12. The second-order valence-electron chi connectivity index (χ2n) is 7.48. The molecule has 1 saturated heterocycles. The molecule has 1 aliphatic rings. The minimum absolute atomic E-state index is 0.177. The van der Waals surface area contributed by atoms with Crippen LogP contribution < -0.4 is 4.74 Å². The van der Waals surface area contributed by atoms with E-state index in [1.807, 2.05) is 30.3 Å². The van der Waals surface area contributed by atoms with E-state index in [0.717, 1.165) is 52.7 Å². The van der Waals surface area contributed by atoms with Gasteiger partial charge in [-0.3, -0.25) is 9.69 Å². The number of ether oxygens (including phenoxy) is 2. The molecule has 0 aliphatic carbocycles. The molecular weight excluding hydrogens is 466 g/mol. The molecule has 1 aliphatic heterocycles. The van der Waals surface area contributed by atoms with Gasteiger partial charge in [-0.05, 0) is 61.2 Å². The first kappa shape index (κ1) is 22.9. The Morgan fingerprint density at radius 2 is 2.00 bits per heavy atom. The summed E-state index contributed by atoms with van der Waals surface area (Å²) in [7, 11) is 3.10. The Morgan fingerprint density at radius 1 is 1.23 bits per heavy atom. The number of carbonyl (C=O) groups is 1. The maximum atomic E-state index is 12.2. The highest BCUT2D eigenvalue weighted by Crippen LogP contribution is 2.32. The van der Waals surface area contributed by atoms with Crippen molar-refractivity contribution in [3.63, 3.8) is 0 Å². The van der Waals surface area contributed by atoms with Gasteiger partial charge >= 0.3 is 5.97 Å². The number of hydrogen-bond acceptors (Lipinski definition) is 4. The zero-order chi connectivity index (χ0) is 21.7. The van der Waals surface area contributed by atoms with Crippen molar-refractivity contribution in [1.29, 1.82) is 0 Å². The van der Waals surface area contributed by atoms with Crippen LogP contribution in [-0.4, -0.2) is 37.7 Å². The van der Waals surface area contributed by atoms with Gasteiger partial charge in [0, 0.05) is 21.6 Å². The average molecular weight is 493 g/mol. The van der Waals surface area contributed by atoms with Crippen molar-refractivity contribution in [3.05, 3.63) is 62.1 Å². The average Bonchev–Trinajstić information content (AvgIpc) is 2.75. The molecule has 0 bridgehead atoms. The van der Waals surface area contributed by atoms with Crippen LogP contribution in [0.1, 0.15) is 41.5 Å². The summed E-state index contributed by atoms with van der Waals surface area (Å²) in [6.07, 6.45) is 6.97. The molecule has 0 amide bonds. The molecule has 3 rings (SSSR count). The molecule has 0 saturated carbocycles. The maximum Gasteiger partial charge on any atom is 0.323 e. The van der Waals surface area contributed by atoms with E-state index in [1.54, 1.807) is 7.11 Å². The van der Waals surface area contributed by atoms with Crippen LogP contribution in [-0.2, 0) is 16.1 Å². The van der Waals surface area contributed by atoms with Gasteiger partial charge in [0.15, 0.2) is 0 Å². The van der Waals surface area contributed by atoms with Crippen molar-refractivity contribution in [2.24, 2.45) is 0 Å². The van der Waals surface area contributed by atoms with Crippen LogP contribution in [0.25, 0.3) is 12.2 Å². The summed E-state index contributed by atoms with van der Waals surface area (Å²) in [5.41, 5.74) is 4.15. The van der Waals surface area contributed by atoms with Gasteiger partial charge < -0.3 is 9.47 Å². The molecule has 160 valence electrons. The number of halogens is 2. The second kappa shape index (κ2) is 10.5. The number of hydrogen-bond donors (Lipinski definition) is 0. The first-order valence-corrected chi connectivity index (χ1v) is 11.2. The van der Waals surface area contributed by atoms with Gasteiger partial charge in [-0.15, -0.1) is 0 Å². The molecule has 4 nitrogen and oxygen atoms in total. The third kappa shape index (κ3) is 5.26. The lowest BCUT2D eigenvalue weighted by Crippen LogP contribution is -2.44. The first-order chi connectivity index (χ1) is 14.4. The van der Waals surface area contributed by atoms with Crippen LogP contribution >= 0.6 is 27.5 Å². The molecule has 6 heteroatoms. The normalized spacial score (nSPS) is 17.3. The Bertz CT molecular complexity index is 944. The number of benzene rings is 2. The highest BCUT2D eigenvalue weighted by molar-refractivity contribution is 9.10. The standard InChI is InChI=1S/C24H27BrClNO3/c1-16-17(7-6-8-20(16)25)10-11-18-14-23(29-2)19(13-21(18)26)15-27-12-5-4-9-22(27)24(28)30-3/h6-8,10-11,13-14,22H,4-5,9,12,15H2,1-3H3/b11-10+/t22-/m0/s1. The third-order valence-electron chi connectivity index (χ3n) is 5.61. The maximum absolute atomic E-state index is 12.2. The van der Waals surface area contributed by atoms with Gasteiger partial charge in [0.05, 0.1) is 14.2 Å². The van der Waals surface area contributed by atoms with Gasteiger partial charge in [-0.1, -0.05) is 58.2 Å². The summed E-state index contributed by atoms with van der Waals surface area (Å²) < 4.78 is 11.7. The van der Waals surface area contributed by atoms with Crippen molar-refractivity contribution in [3.8, 4) is 5.75 Å². The Labute approximate surface area is 191 Å². The molecule has 2 aromatic rings. The number of carbonyl (C=O) groups excluding carboxylic acids is 1. The number of methoxy groups -OCH3 is 2. The Hall–Kier alpha value is -1.82. The minimum Gasteiger partial charge on any atom is -0.496 e. The summed E-state index contributed by atoms with van der Waals surface area (Å²) in [5.74, 6) is 0.586. The Kier molecular flexibility index (Phi) is 7.98. The Balaban J connectivity index is 1.86. The summed E-state index contributed by atoms with van der Waals surface area (Å²) >= 11 is 10.2. The van der Waals surface area contributed by atoms with E-state index in [2.05, 4.69) is 39.9 Å². The molecule has 30 heavy (non-hydrogen) atoms. The van der Waals surface area contributed by atoms with Gasteiger partial charge in [0.2, 0.25) is 0 Å². The van der Waals surface area contributed by atoms with Crippen LogP contribution in [0.5, 0.6) is 5.75 Å². The van der Waals surface area contributed by atoms with Crippen LogP contribution in [0.15, 0.2) is 34.8 Å². The quantitative estimate of drug-likeness (QED) is 0.360. The van der Waals surface area contributed by atoms with Crippen molar-refractivity contribution in [2.75, 3.05) is 20.8 Å². The molecular formula is C24H27BrClNO3. The fraction of sp³-hybridized carbons (Fsp3) is 0.375. The van der Waals surface area contributed by atoms with Crippen LogP contribution in [0.2, 0.25) is 5.02 Å². The van der Waals surface area contributed by atoms with Crippen molar-refractivity contribution < 1.29 is 14.3 Å². The molecule has 1 heterocycles. The molecule has 0 aromatic heterocycles. The van der Waals surface area contributed by atoms with E-state index < -0.39 is 0 Å². The summed E-state index contributed by atoms with van der Waals surface area (Å²) in [4.78, 5) is 14.3.